The minimum Gasteiger partial charge on any atom is -0.0625 e. The number of hydrogen-bond acceptors (Lipinski definition) is 2. The summed E-state index contributed by atoms with van der Waals surface area (Å²) < 4.78 is 4.24. The molecule has 0 saturated carbocycles. The van der Waals surface area contributed by atoms with Gasteiger partial charge < -0.3 is 0 Å². The SMILES string of the molecule is CC(=O)[O][SnH].C[CH]C. The Balaban J connectivity index is 0. The van der Waals surface area contributed by atoms with Gasteiger partial charge in [-0.05, 0) is 6.42 Å². The van der Waals surface area contributed by atoms with Gasteiger partial charge in [-0.25, -0.2) is 0 Å². The minimum atomic E-state index is -0.188. The van der Waals surface area contributed by atoms with Gasteiger partial charge in [0.05, 0.1) is 0 Å². The molecule has 0 aliphatic carbocycles. The molecule has 0 aromatic rings. The molecule has 8 heavy (non-hydrogen) atoms. The van der Waals surface area contributed by atoms with E-state index in [1.54, 1.807) is 0 Å². The maximum atomic E-state index is 9.62. The summed E-state index contributed by atoms with van der Waals surface area (Å²) in [7, 11) is 0. The molecule has 0 spiro atoms. The molecule has 0 atom stereocenters. The van der Waals surface area contributed by atoms with Crippen molar-refractivity contribution in [1.82, 2.24) is 0 Å². The largest absolute Gasteiger partial charge is 0.0625 e. The molecule has 2 nitrogen and oxygen atoms in total. The van der Waals surface area contributed by atoms with E-state index in [1.165, 1.54) is 6.92 Å². The fourth-order valence-electron chi connectivity index (χ4n) is 0. The molecule has 0 aliphatic heterocycles. The first-order chi connectivity index (χ1) is 3.68. The van der Waals surface area contributed by atoms with Gasteiger partial charge >= 0.3 is 43.7 Å². The first-order valence-corrected chi connectivity index (χ1v) is 3.64. The van der Waals surface area contributed by atoms with Gasteiger partial charge in [-0.15, -0.1) is 0 Å². The second kappa shape index (κ2) is 10.3. The molecule has 0 unspecified atom stereocenters. The second-order valence-electron chi connectivity index (χ2n) is 1.19. The van der Waals surface area contributed by atoms with Crippen molar-refractivity contribution in [2.24, 2.45) is 0 Å². The summed E-state index contributed by atoms with van der Waals surface area (Å²) in [5.41, 5.74) is 0. The Bertz CT molecular complexity index is 54.4. The van der Waals surface area contributed by atoms with Crippen LogP contribution in [-0.4, -0.2) is 28.9 Å². The fraction of sp³-hybridized carbons (Fsp3) is 0.600. The maximum absolute atomic E-state index is 9.62. The van der Waals surface area contributed by atoms with E-state index in [9.17, 15) is 4.79 Å². The molecule has 0 bridgehead atoms. The molecule has 0 fully saturated rings. The number of carbonyl (C=O) groups is 1. The summed E-state index contributed by atoms with van der Waals surface area (Å²) in [6.45, 7) is 5.39. The normalized spacial score (nSPS) is 6.50. The Morgan fingerprint density at radius 3 is 1.75 bits per heavy atom. The van der Waals surface area contributed by atoms with Crippen molar-refractivity contribution >= 4 is 28.9 Å². The van der Waals surface area contributed by atoms with Gasteiger partial charge in [-0.3, -0.25) is 0 Å². The summed E-state index contributed by atoms with van der Waals surface area (Å²) in [6, 6.07) is 0. The molecule has 3 heteroatoms. The van der Waals surface area contributed by atoms with E-state index in [2.05, 4.69) is 3.07 Å². The van der Waals surface area contributed by atoms with Crippen LogP contribution in [0.15, 0.2) is 0 Å². The molecule has 3 radical (unpaired) electrons. The Hall–Kier alpha value is 0.269. The molecule has 0 rings (SSSR count). The number of rotatable bonds is 0. The van der Waals surface area contributed by atoms with E-state index in [1.807, 2.05) is 20.3 Å². The maximum Gasteiger partial charge on any atom is -0.0448 e. The van der Waals surface area contributed by atoms with Crippen LogP contribution in [0.4, 0.5) is 0 Å². The predicted octanol–water partition coefficient (Wildman–Crippen LogP) is 0.596. The van der Waals surface area contributed by atoms with E-state index in [0.717, 1.165) is 0 Å². The quantitative estimate of drug-likeness (QED) is 0.560. The standard InChI is InChI=1S/C3H7.C2H4O2.Sn.H/c1-3-2;1-2(3)4;;/h3H,1-2H3;1H3,(H,3,4);;/q;;+1;/p-1. The Morgan fingerprint density at radius 1 is 1.62 bits per heavy atom. The fourth-order valence-corrected chi connectivity index (χ4v) is 0. The smallest absolute Gasteiger partial charge is 0.0448 e. The molecular weight excluding hydrogens is 211 g/mol. The van der Waals surface area contributed by atoms with Crippen molar-refractivity contribution in [2.45, 2.75) is 20.8 Å². The average molecular weight is 222 g/mol. The first kappa shape index (κ1) is 11.1. The van der Waals surface area contributed by atoms with Gasteiger partial charge in [-0.2, -0.15) is 0 Å². The van der Waals surface area contributed by atoms with E-state index >= 15 is 0 Å². The van der Waals surface area contributed by atoms with Gasteiger partial charge in [-0.1, -0.05) is 13.8 Å². The van der Waals surface area contributed by atoms with E-state index in [-0.39, 0.29) is 5.97 Å². The molecule has 0 saturated heterocycles. The van der Waals surface area contributed by atoms with Crippen LogP contribution in [0, 0.1) is 6.42 Å². The zero-order valence-electron chi connectivity index (χ0n) is 5.47. The van der Waals surface area contributed by atoms with Crippen LogP contribution < -0.4 is 0 Å². The molecule has 0 aromatic carbocycles. The minimum absolute atomic E-state index is 0.188. The summed E-state index contributed by atoms with van der Waals surface area (Å²) in [6.07, 6.45) is 2.00. The van der Waals surface area contributed by atoms with Crippen LogP contribution >= 0.6 is 0 Å². The molecule has 0 N–H and O–H groups in total. The third-order valence-corrected chi connectivity index (χ3v) is 1.11. The first-order valence-electron chi connectivity index (χ1n) is 2.30. The van der Waals surface area contributed by atoms with Gasteiger partial charge in [0.25, 0.3) is 0 Å². The van der Waals surface area contributed by atoms with Crippen molar-refractivity contribution in [3.63, 3.8) is 0 Å². The summed E-state index contributed by atoms with van der Waals surface area (Å²) in [5, 5.41) is 0. The number of hydrogen-bond donors (Lipinski definition) is 0. The van der Waals surface area contributed by atoms with Crippen LogP contribution in [0.2, 0.25) is 0 Å². The monoisotopic (exact) mass is 223 g/mol. The summed E-state index contributed by atoms with van der Waals surface area (Å²) >= 11 is 0.577. The van der Waals surface area contributed by atoms with Crippen LogP contribution in [-0.2, 0) is 7.87 Å². The third kappa shape index (κ3) is 33.8. The molecule has 0 amide bonds. The van der Waals surface area contributed by atoms with Crippen LogP contribution in [0.3, 0.4) is 0 Å². The third-order valence-electron chi connectivity index (χ3n) is 0.166. The van der Waals surface area contributed by atoms with Gasteiger partial charge in [0.15, 0.2) is 0 Å². The van der Waals surface area contributed by atoms with Crippen molar-refractivity contribution in [3.8, 4) is 0 Å². The summed E-state index contributed by atoms with van der Waals surface area (Å²) in [5.74, 6) is -0.188. The van der Waals surface area contributed by atoms with Crippen LogP contribution in [0.25, 0.3) is 0 Å². The molecule has 0 heterocycles. The van der Waals surface area contributed by atoms with Crippen LogP contribution in [0.1, 0.15) is 20.8 Å². The number of carbonyl (C=O) groups excluding carboxylic acids is 1. The molecule has 0 aliphatic rings. The van der Waals surface area contributed by atoms with Gasteiger partial charge in [0.2, 0.25) is 0 Å². The van der Waals surface area contributed by atoms with Crippen molar-refractivity contribution < 1.29 is 7.87 Å². The predicted molar refractivity (Wildman–Crippen MR) is 34.6 cm³/mol. The zero-order valence-corrected chi connectivity index (χ0v) is 8.77. The van der Waals surface area contributed by atoms with Crippen molar-refractivity contribution in [1.29, 1.82) is 0 Å². The topological polar surface area (TPSA) is 26.3 Å². The summed E-state index contributed by atoms with van der Waals surface area (Å²) in [4.78, 5) is 9.62. The molecule has 0 aromatic heterocycles. The van der Waals surface area contributed by atoms with Crippen molar-refractivity contribution in [2.75, 3.05) is 0 Å². The molecule has 47 valence electrons. The molecular formula is C5H11O2Sn. The van der Waals surface area contributed by atoms with Crippen LogP contribution in [0.5, 0.6) is 0 Å². The second-order valence-corrected chi connectivity index (χ2v) is 1.86. The van der Waals surface area contributed by atoms with E-state index in [4.69, 9.17) is 0 Å². The zero-order chi connectivity index (χ0) is 6.99. The van der Waals surface area contributed by atoms with Gasteiger partial charge in [0.1, 0.15) is 0 Å². The van der Waals surface area contributed by atoms with Gasteiger partial charge in [0, 0.05) is 0 Å². The Kier molecular flexibility index (Phi) is 14.3. The van der Waals surface area contributed by atoms with E-state index < -0.39 is 0 Å². The average Bonchev–Trinajstić information content (AvgIpc) is 1.69. The Morgan fingerprint density at radius 2 is 1.75 bits per heavy atom. The van der Waals surface area contributed by atoms with E-state index in [0.29, 0.717) is 22.9 Å². The van der Waals surface area contributed by atoms with Crippen molar-refractivity contribution in [3.05, 3.63) is 6.42 Å². The Labute approximate surface area is 64.2 Å².